The number of rotatable bonds is 3. The highest BCUT2D eigenvalue weighted by Crippen LogP contribution is 2.23. The van der Waals surface area contributed by atoms with Crippen molar-refractivity contribution in [1.82, 2.24) is 10.2 Å². The lowest BCUT2D eigenvalue weighted by molar-refractivity contribution is -0.129. The zero-order chi connectivity index (χ0) is 15.5. The Morgan fingerprint density at radius 1 is 1.38 bits per heavy atom. The molecular weight excluding hydrogens is 318 g/mol. The maximum absolute atomic E-state index is 12.1. The molecule has 1 aliphatic heterocycles. The molecule has 3 N–H and O–H groups in total. The van der Waals surface area contributed by atoms with Crippen molar-refractivity contribution in [2.45, 2.75) is 45.4 Å². The average molecular weight is 340 g/mol. The third-order valence-electron chi connectivity index (χ3n) is 2.60. The smallest absolute Gasteiger partial charge is 0.411 e. The van der Waals surface area contributed by atoms with Crippen molar-refractivity contribution in [2.24, 2.45) is 5.73 Å². The summed E-state index contributed by atoms with van der Waals surface area (Å²) in [5.74, 6) is -0.158. The van der Waals surface area contributed by atoms with E-state index in [0.29, 0.717) is 11.6 Å². The van der Waals surface area contributed by atoms with Gasteiger partial charge in [0.05, 0.1) is 5.88 Å². The Bertz CT molecular complexity index is 414. The van der Waals surface area contributed by atoms with E-state index in [1.807, 2.05) is 0 Å². The maximum Gasteiger partial charge on any atom is 0.411 e. The van der Waals surface area contributed by atoms with Gasteiger partial charge in [-0.25, -0.2) is 4.79 Å². The fourth-order valence-corrected chi connectivity index (χ4v) is 2.68. The van der Waals surface area contributed by atoms with E-state index in [0.717, 1.165) is 0 Å². The molecule has 1 saturated heterocycles. The summed E-state index contributed by atoms with van der Waals surface area (Å²) in [6.45, 7) is 6.79. The summed E-state index contributed by atoms with van der Waals surface area (Å²) in [5, 5.41) is 2.49. The number of primary amides is 1. The van der Waals surface area contributed by atoms with Crippen LogP contribution in [0, 0.1) is 0 Å². The van der Waals surface area contributed by atoms with Gasteiger partial charge >= 0.3 is 6.09 Å². The zero-order valence-electron chi connectivity index (χ0n) is 12.5. The van der Waals surface area contributed by atoms with Gasteiger partial charge in [-0.15, -0.1) is 24.2 Å². The second-order valence-electron chi connectivity index (χ2n) is 5.60. The van der Waals surface area contributed by atoms with E-state index in [4.69, 9.17) is 10.5 Å². The number of nitrogens with one attached hydrogen (secondary N) is 1. The Morgan fingerprint density at radius 3 is 2.43 bits per heavy atom. The van der Waals surface area contributed by atoms with Crippen LogP contribution in [0.25, 0.3) is 0 Å². The van der Waals surface area contributed by atoms with Crippen molar-refractivity contribution in [3.63, 3.8) is 0 Å². The number of nitrogens with zero attached hydrogens (tertiary/aromatic N) is 1. The molecule has 0 saturated carbocycles. The number of hydrogen-bond donors (Lipinski definition) is 2. The summed E-state index contributed by atoms with van der Waals surface area (Å²) in [7, 11) is 0. The molecule has 1 heterocycles. The first kappa shape index (κ1) is 19.9. The predicted octanol–water partition coefficient (Wildman–Crippen LogP) is 0.708. The second kappa shape index (κ2) is 7.74. The van der Waals surface area contributed by atoms with Gasteiger partial charge in [0.2, 0.25) is 11.8 Å². The average Bonchev–Trinajstić information content (AvgIpc) is 2.74. The number of carbonyl (C=O) groups is 3. The Morgan fingerprint density at radius 2 is 1.95 bits per heavy atom. The van der Waals surface area contributed by atoms with Crippen LogP contribution < -0.4 is 11.1 Å². The fraction of sp³-hybridized carbons (Fsp3) is 0.750. The molecule has 0 aromatic rings. The van der Waals surface area contributed by atoms with Gasteiger partial charge in [0.1, 0.15) is 17.7 Å². The summed E-state index contributed by atoms with van der Waals surface area (Å²) >= 11 is 1.46. The molecule has 1 aliphatic rings. The van der Waals surface area contributed by atoms with Crippen LogP contribution in [-0.4, -0.2) is 52.1 Å². The molecule has 0 spiro atoms. The Balaban J connectivity index is 0.00000400. The SMILES string of the molecule is CC(NC(=O)[C@@H]1CSCN1C(=O)OC(C)(C)C)C(N)=O.Cl. The maximum atomic E-state index is 12.1. The van der Waals surface area contributed by atoms with Gasteiger partial charge in [0.15, 0.2) is 0 Å². The molecular formula is C12H22ClN3O4S. The van der Waals surface area contributed by atoms with Crippen LogP contribution >= 0.6 is 24.2 Å². The quantitative estimate of drug-likeness (QED) is 0.788. The summed E-state index contributed by atoms with van der Waals surface area (Å²) in [6.07, 6.45) is -0.533. The molecule has 0 radical (unpaired) electrons. The van der Waals surface area contributed by atoms with Crippen molar-refractivity contribution in [1.29, 1.82) is 0 Å². The number of hydrogen-bond acceptors (Lipinski definition) is 5. The minimum Gasteiger partial charge on any atom is -0.444 e. The minimum absolute atomic E-state index is 0. The van der Waals surface area contributed by atoms with E-state index < -0.39 is 35.6 Å². The van der Waals surface area contributed by atoms with Crippen molar-refractivity contribution < 1.29 is 19.1 Å². The van der Waals surface area contributed by atoms with Crippen LogP contribution in [0.1, 0.15) is 27.7 Å². The molecule has 0 aliphatic carbocycles. The molecule has 0 bridgehead atoms. The summed E-state index contributed by atoms with van der Waals surface area (Å²) in [5.41, 5.74) is 4.48. The number of amides is 3. The van der Waals surface area contributed by atoms with Gasteiger partial charge in [0, 0.05) is 5.75 Å². The highest BCUT2D eigenvalue weighted by atomic mass is 35.5. The van der Waals surface area contributed by atoms with Crippen molar-refractivity contribution in [3.8, 4) is 0 Å². The van der Waals surface area contributed by atoms with Gasteiger partial charge in [-0.1, -0.05) is 0 Å². The molecule has 1 fully saturated rings. The van der Waals surface area contributed by atoms with E-state index in [1.54, 1.807) is 20.8 Å². The number of carbonyl (C=O) groups excluding carboxylic acids is 3. The standard InChI is InChI=1S/C12H21N3O4S.ClH/c1-7(9(13)16)14-10(17)8-5-20-6-15(8)11(18)19-12(2,3)4;/h7-8H,5-6H2,1-4H3,(H2,13,16)(H,14,17);1H/t7?,8-;/m0./s1. The summed E-state index contributed by atoms with van der Waals surface area (Å²) < 4.78 is 5.26. The number of ether oxygens (including phenoxy) is 1. The highest BCUT2D eigenvalue weighted by molar-refractivity contribution is 7.99. The normalized spacial score (nSPS) is 19.4. The third kappa shape index (κ3) is 6.01. The molecule has 1 unspecified atom stereocenters. The third-order valence-corrected chi connectivity index (χ3v) is 3.61. The highest BCUT2D eigenvalue weighted by Gasteiger charge is 2.37. The lowest BCUT2D eigenvalue weighted by Gasteiger charge is -2.27. The van der Waals surface area contributed by atoms with Crippen molar-refractivity contribution in [3.05, 3.63) is 0 Å². The van der Waals surface area contributed by atoms with Crippen LogP contribution in [0.3, 0.4) is 0 Å². The molecule has 3 amide bonds. The lowest BCUT2D eigenvalue weighted by Crippen LogP contribution is -2.52. The first-order valence-electron chi connectivity index (χ1n) is 6.29. The van der Waals surface area contributed by atoms with Crippen molar-refractivity contribution >= 4 is 42.1 Å². The Hall–Kier alpha value is -1.15. The van der Waals surface area contributed by atoms with Gasteiger partial charge in [-0.2, -0.15) is 0 Å². The van der Waals surface area contributed by atoms with Crippen LogP contribution in [0.15, 0.2) is 0 Å². The molecule has 21 heavy (non-hydrogen) atoms. The van der Waals surface area contributed by atoms with Crippen LogP contribution in [0.4, 0.5) is 4.79 Å². The molecule has 0 aromatic heterocycles. The zero-order valence-corrected chi connectivity index (χ0v) is 14.2. The molecule has 122 valence electrons. The van der Waals surface area contributed by atoms with E-state index in [-0.39, 0.29) is 12.4 Å². The van der Waals surface area contributed by atoms with Gasteiger partial charge in [-0.05, 0) is 27.7 Å². The fourth-order valence-electron chi connectivity index (χ4n) is 1.54. The number of halogens is 1. The van der Waals surface area contributed by atoms with Crippen LogP contribution in [0.2, 0.25) is 0 Å². The first-order valence-corrected chi connectivity index (χ1v) is 7.44. The van der Waals surface area contributed by atoms with Crippen LogP contribution in [0.5, 0.6) is 0 Å². The van der Waals surface area contributed by atoms with E-state index in [2.05, 4.69) is 5.32 Å². The first-order chi connectivity index (χ1) is 9.11. The Kier molecular flexibility index (Phi) is 7.32. The van der Waals surface area contributed by atoms with Gasteiger partial charge in [-0.3, -0.25) is 14.5 Å². The summed E-state index contributed by atoms with van der Waals surface area (Å²) in [6, 6.07) is -1.41. The van der Waals surface area contributed by atoms with Gasteiger partial charge < -0.3 is 15.8 Å². The Labute approximate surface area is 134 Å². The second-order valence-corrected chi connectivity index (χ2v) is 6.60. The van der Waals surface area contributed by atoms with Gasteiger partial charge in [0.25, 0.3) is 0 Å². The predicted molar refractivity (Wildman–Crippen MR) is 83.2 cm³/mol. The van der Waals surface area contributed by atoms with E-state index in [1.165, 1.54) is 23.6 Å². The monoisotopic (exact) mass is 339 g/mol. The van der Waals surface area contributed by atoms with Crippen molar-refractivity contribution in [2.75, 3.05) is 11.6 Å². The largest absolute Gasteiger partial charge is 0.444 e. The molecule has 7 nitrogen and oxygen atoms in total. The molecule has 2 atom stereocenters. The molecule has 0 aromatic carbocycles. The lowest BCUT2D eigenvalue weighted by atomic mass is 10.2. The minimum atomic E-state index is -0.770. The number of nitrogens with two attached hydrogens (primary N) is 1. The number of thioether (sulfide) groups is 1. The summed E-state index contributed by atoms with van der Waals surface area (Å²) in [4.78, 5) is 36.4. The molecule has 9 heteroatoms. The van der Waals surface area contributed by atoms with Crippen LogP contribution in [-0.2, 0) is 14.3 Å². The topological polar surface area (TPSA) is 102 Å². The van der Waals surface area contributed by atoms with E-state index >= 15 is 0 Å². The van der Waals surface area contributed by atoms with E-state index in [9.17, 15) is 14.4 Å². The molecule has 1 rings (SSSR count).